The van der Waals surface area contributed by atoms with Crippen LogP contribution in [0.3, 0.4) is 0 Å². The predicted octanol–water partition coefficient (Wildman–Crippen LogP) is 3.39. The number of fused-ring (bicyclic) bond motifs is 1. The van der Waals surface area contributed by atoms with Gasteiger partial charge in [-0.2, -0.15) is 0 Å². The van der Waals surface area contributed by atoms with Crippen molar-refractivity contribution in [1.82, 2.24) is 14.9 Å². The number of amides is 1. The van der Waals surface area contributed by atoms with Crippen LogP contribution in [0.25, 0.3) is 0 Å². The van der Waals surface area contributed by atoms with Gasteiger partial charge in [0.15, 0.2) is 11.5 Å². The maximum absolute atomic E-state index is 13.0. The van der Waals surface area contributed by atoms with Crippen molar-refractivity contribution in [3.8, 4) is 11.5 Å². The van der Waals surface area contributed by atoms with Gasteiger partial charge in [-0.05, 0) is 23.3 Å². The van der Waals surface area contributed by atoms with Gasteiger partial charge in [0.05, 0.1) is 18.4 Å². The van der Waals surface area contributed by atoms with Crippen LogP contribution in [0.4, 0.5) is 0 Å². The van der Waals surface area contributed by atoms with Gasteiger partial charge in [-0.25, -0.2) is 0 Å². The lowest BCUT2D eigenvalue weighted by molar-refractivity contribution is -0.130. The third-order valence-corrected chi connectivity index (χ3v) is 4.82. The molecule has 1 amide bonds. The van der Waals surface area contributed by atoms with Crippen LogP contribution in [0.1, 0.15) is 29.2 Å². The summed E-state index contributed by atoms with van der Waals surface area (Å²) in [5, 5.41) is 0. The van der Waals surface area contributed by atoms with Crippen LogP contribution in [0.2, 0.25) is 0 Å². The molecule has 6 heteroatoms. The number of aromatic nitrogens is 2. The van der Waals surface area contributed by atoms with Crippen molar-refractivity contribution in [2.75, 3.05) is 13.8 Å². The number of carbonyl (C=O) groups is 1. The summed E-state index contributed by atoms with van der Waals surface area (Å²) in [6.07, 6.45) is 5.28. The Bertz CT molecular complexity index is 948. The van der Waals surface area contributed by atoms with Gasteiger partial charge in [0, 0.05) is 31.8 Å². The van der Waals surface area contributed by atoms with E-state index in [2.05, 4.69) is 9.97 Å². The van der Waals surface area contributed by atoms with Crippen molar-refractivity contribution in [3.63, 3.8) is 0 Å². The average Bonchev–Trinajstić information content (AvgIpc) is 3.21. The fourth-order valence-corrected chi connectivity index (χ4v) is 3.32. The molecule has 1 aliphatic heterocycles. The minimum Gasteiger partial charge on any atom is -0.454 e. The minimum atomic E-state index is -0.0764. The summed E-state index contributed by atoms with van der Waals surface area (Å²) < 4.78 is 10.9. The van der Waals surface area contributed by atoms with Gasteiger partial charge in [0.25, 0.3) is 0 Å². The van der Waals surface area contributed by atoms with Gasteiger partial charge >= 0.3 is 0 Å². The molecule has 0 saturated carbocycles. The Balaban J connectivity index is 1.57. The van der Waals surface area contributed by atoms with E-state index in [0.717, 1.165) is 28.3 Å². The molecule has 4 rings (SSSR count). The lowest BCUT2D eigenvalue weighted by atomic mass is 9.88. The largest absolute Gasteiger partial charge is 0.454 e. The molecule has 1 atom stereocenters. The Morgan fingerprint density at radius 3 is 2.68 bits per heavy atom. The van der Waals surface area contributed by atoms with Crippen LogP contribution < -0.4 is 9.47 Å². The molecule has 6 nitrogen and oxygen atoms in total. The Kier molecular flexibility index (Phi) is 5.19. The summed E-state index contributed by atoms with van der Waals surface area (Å²) >= 11 is 0. The molecule has 0 radical (unpaired) electrons. The highest BCUT2D eigenvalue weighted by Gasteiger charge is 2.23. The van der Waals surface area contributed by atoms with E-state index in [4.69, 9.17) is 9.47 Å². The molecule has 2 heterocycles. The molecular weight excluding hydrogens is 354 g/mol. The molecule has 0 spiro atoms. The van der Waals surface area contributed by atoms with Crippen molar-refractivity contribution in [3.05, 3.63) is 83.9 Å². The summed E-state index contributed by atoms with van der Waals surface area (Å²) in [4.78, 5) is 23.0. The number of hydrogen-bond donors (Lipinski definition) is 0. The Hall–Kier alpha value is -3.41. The van der Waals surface area contributed by atoms with E-state index in [1.54, 1.807) is 30.5 Å². The fourth-order valence-electron chi connectivity index (χ4n) is 3.32. The molecule has 28 heavy (non-hydrogen) atoms. The second-order valence-corrected chi connectivity index (χ2v) is 6.73. The van der Waals surface area contributed by atoms with Crippen molar-refractivity contribution in [2.45, 2.75) is 18.9 Å². The summed E-state index contributed by atoms with van der Waals surface area (Å²) in [7, 11) is 1.79. The van der Waals surface area contributed by atoms with Gasteiger partial charge in [-0.1, -0.05) is 36.4 Å². The third kappa shape index (κ3) is 3.96. The summed E-state index contributed by atoms with van der Waals surface area (Å²) in [6, 6.07) is 15.9. The zero-order valence-corrected chi connectivity index (χ0v) is 15.6. The van der Waals surface area contributed by atoms with Crippen molar-refractivity contribution < 1.29 is 14.3 Å². The number of carbonyl (C=O) groups excluding carboxylic acids is 1. The van der Waals surface area contributed by atoms with Crippen LogP contribution in [-0.4, -0.2) is 34.6 Å². The second kappa shape index (κ2) is 8.08. The van der Waals surface area contributed by atoms with Crippen molar-refractivity contribution in [2.24, 2.45) is 0 Å². The van der Waals surface area contributed by atoms with Gasteiger partial charge in [0.1, 0.15) is 0 Å². The predicted molar refractivity (Wildman–Crippen MR) is 104 cm³/mol. The molecular formula is C22H21N3O3. The highest BCUT2D eigenvalue weighted by atomic mass is 16.7. The summed E-state index contributed by atoms with van der Waals surface area (Å²) in [5.41, 5.74) is 2.87. The topological polar surface area (TPSA) is 64.6 Å². The summed E-state index contributed by atoms with van der Waals surface area (Å²) in [5.74, 6) is 1.42. The van der Waals surface area contributed by atoms with Crippen LogP contribution in [0.15, 0.2) is 67.1 Å². The Morgan fingerprint density at radius 1 is 1.07 bits per heavy atom. The maximum Gasteiger partial charge on any atom is 0.231 e. The van der Waals surface area contributed by atoms with Crippen LogP contribution in [-0.2, 0) is 11.3 Å². The standard InChI is InChI=1S/C22H21N3O3/c1-25(14-18-13-23-9-10-24-18)22(26)12-19(16-5-3-2-4-6-16)17-7-8-20-21(11-17)28-15-27-20/h2-11,13,19H,12,14-15H2,1H3/t19-/m0/s1. The van der Waals surface area contributed by atoms with E-state index in [-0.39, 0.29) is 18.6 Å². The highest BCUT2D eigenvalue weighted by molar-refractivity contribution is 5.77. The molecule has 0 aliphatic carbocycles. The number of hydrogen-bond acceptors (Lipinski definition) is 5. The first-order valence-corrected chi connectivity index (χ1v) is 9.14. The number of benzene rings is 2. The van der Waals surface area contributed by atoms with Crippen LogP contribution in [0.5, 0.6) is 11.5 Å². The SMILES string of the molecule is CN(Cc1cnccn1)C(=O)C[C@@H](c1ccccc1)c1ccc2c(c1)OCO2. The van der Waals surface area contributed by atoms with Gasteiger partial charge in [0.2, 0.25) is 12.7 Å². The molecule has 1 aromatic heterocycles. The highest BCUT2D eigenvalue weighted by Crippen LogP contribution is 2.37. The molecule has 0 unspecified atom stereocenters. The maximum atomic E-state index is 13.0. The first-order chi connectivity index (χ1) is 13.7. The first kappa shape index (κ1) is 18.0. The normalized spacial score (nSPS) is 13.2. The number of rotatable bonds is 6. The Labute approximate surface area is 163 Å². The van der Waals surface area contributed by atoms with Crippen LogP contribution in [0, 0.1) is 0 Å². The molecule has 0 N–H and O–H groups in total. The van der Waals surface area contributed by atoms with Gasteiger partial charge in [-0.3, -0.25) is 14.8 Å². The van der Waals surface area contributed by atoms with E-state index in [9.17, 15) is 4.79 Å². The average molecular weight is 375 g/mol. The molecule has 3 aromatic rings. The van der Waals surface area contributed by atoms with Crippen molar-refractivity contribution in [1.29, 1.82) is 0 Å². The molecule has 142 valence electrons. The second-order valence-electron chi connectivity index (χ2n) is 6.73. The van der Waals surface area contributed by atoms with E-state index >= 15 is 0 Å². The zero-order chi connectivity index (χ0) is 19.3. The fraction of sp³-hybridized carbons (Fsp3) is 0.227. The van der Waals surface area contributed by atoms with E-state index in [0.29, 0.717) is 13.0 Å². The molecule has 0 saturated heterocycles. The number of nitrogens with zero attached hydrogens (tertiary/aromatic N) is 3. The lowest BCUT2D eigenvalue weighted by Gasteiger charge is -2.22. The monoisotopic (exact) mass is 375 g/mol. The smallest absolute Gasteiger partial charge is 0.231 e. The molecule has 1 aliphatic rings. The van der Waals surface area contributed by atoms with Gasteiger partial charge in [-0.15, -0.1) is 0 Å². The third-order valence-electron chi connectivity index (χ3n) is 4.82. The minimum absolute atomic E-state index is 0.0390. The molecule has 2 aromatic carbocycles. The molecule has 0 fully saturated rings. The quantitative estimate of drug-likeness (QED) is 0.661. The Morgan fingerprint density at radius 2 is 1.89 bits per heavy atom. The number of ether oxygens (including phenoxy) is 2. The van der Waals surface area contributed by atoms with Crippen LogP contribution >= 0.6 is 0 Å². The molecule has 0 bridgehead atoms. The van der Waals surface area contributed by atoms with E-state index in [1.807, 2.05) is 48.5 Å². The summed E-state index contributed by atoms with van der Waals surface area (Å²) in [6.45, 7) is 0.657. The van der Waals surface area contributed by atoms with E-state index < -0.39 is 0 Å². The van der Waals surface area contributed by atoms with E-state index in [1.165, 1.54) is 0 Å². The lowest BCUT2D eigenvalue weighted by Crippen LogP contribution is -2.28. The van der Waals surface area contributed by atoms with Crippen molar-refractivity contribution >= 4 is 5.91 Å². The first-order valence-electron chi connectivity index (χ1n) is 9.14. The zero-order valence-electron chi connectivity index (χ0n) is 15.6. The van der Waals surface area contributed by atoms with Gasteiger partial charge < -0.3 is 14.4 Å².